The van der Waals surface area contributed by atoms with Gasteiger partial charge >= 0.3 is 0 Å². The minimum absolute atomic E-state index is 0.0200. The Morgan fingerprint density at radius 1 is 1.00 bits per heavy atom. The first kappa shape index (κ1) is 19.2. The van der Waals surface area contributed by atoms with Crippen molar-refractivity contribution in [3.63, 3.8) is 0 Å². The van der Waals surface area contributed by atoms with E-state index in [4.69, 9.17) is 0 Å². The monoisotopic (exact) mass is 409 g/mol. The number of aryl methyl sites for hydroxylation is 1. The van der Waals surface area contributed by atoms with E-state index in [9.17, 15) is 4.79 Å². The zero-order chi connectivity index (χ0) is 21.6. The minimum Gasteiger partial charge on any atom is -0.278 e. The van der Waals surface area contributed by atoms with Gasteiger partial charge in [0, 0.05) is 23.7 Å². The van der Waals surface area contributed by atoms with E-state index in [2.05, 4.69) is 15.3 Å². The molecule has 0 saturated heterocycles. The third-order valence-corrected chi connectivity index (χ3v) is 6.15. The number of carbonyl (C=O) groups excluding carboxylic acids is 1. The average molecular weight is 409 g/mol. The molecule has 5 rings (SSSR count). The lowest BCUT2D eigenvalue weighted by Crippen LogP contribution is -2.34. The van der Waals surface area contributed by atoms with Crippen molar-refractivity contribution in [3.05, 3.63) is 90.0 Å². The van der Waals surface area contributed by atoms with Crippen LogP contribution in [0.2, 0.25) is 0 Å². The highest BCUT2D eigenvalue weighted by Gasteiger charge is 2.51. The number of hydrogen-bond acceptors (Lipinski definition) is 4. The van der Waals surface area contributed by atoms with Gasteiger partial charge in [-0.2, -0.15) is 0 Å². The van der Waals surface area contributed by atoms with Crippen molar-refractivity contribution in [2.45, 2.75) is 27.2 Å². The van der Waals surface area contributed by atoms with Crippen LogP contribution in [0.5, 0.6) is 0 Å². The van der Waals surface area contributed by atoms with Crippen LogP contribution in [0.3, 0.4) is 0 Å². The second-order valence-corrected chi connectivity index (χ2v) is 8.07. The van der Waals surface area contributed by atoms with Crippen LogP contribution in [0.4, 0.5) is 5.69 Å². The van der Waals surface area contributed by atoms with E-state index >= 15 is 0 Å². The quantitative estimate of drug-likeness (QED) is 0.487. The number of nitrogens with zero attached hydrogens (tertiary/aromatic N) is 5. The predicted octanol–water partition coefficient (Wildman–Crippen LogP) is 4.76. The number of fused-ring (bicyclic) bond motifs is 1. The molecule has 31 heavy (non-hydrogen) atoms. The number of aromatic nitrogens is 4. The molecule has 0 bridgehead atoms. The van der Waals surface area contributed by atoms with E-state index in [1.807, 2.05) is 87.6 Å². The van der Waals surface area contributed by atoms with Crippen LogP contribution >= 0.6 is 0 Å². The lowest BCUT2D eigenvalue weighted by molar-refractivity contribution is -0.123. The zero-order valence-corrected chi connectivity index (χ0v) is 17.8. The Balaban J connectivity index is 1.88. The van der Waals surface area contributed by atoms with E-state index in [0.29, 0.717) is 12.1 Å². The van der Waals surface area contributed by atoms with Gasteiger partial charge in [-0.3, -0.25) is 14.7 Å². The molecule has 4 heterocycles. The van der Waals surface area contributed by atoms with Crippen LogP contribution in [0.1, 0.15) is 37.2 Å². The van der Waals surface area contributed by atoms with Gasteiger partial charge in [-0.25, -0.2) is 4.52 Å². The summed E-state index contributed by atoms with van der Waals surface area (Å²) in [5.41, 5.74) is 5.14. The molecule has 3 aromatic heterocycles. The van der Waals surface area contributed by atoms with Crippen LogP contribution in [0, 0.1) is 12.3 Å². The van der Waals surface area contributed by atoms with Crippen LogP contribution in [0.15, 0.2) is 73.1 Å². The molecule has 1 aromatic carbocycles. The number of rotatable bonds is 4. The number of anilines is 1. The summed E-state index contributed by atoms with van der Waals surface area (Å²) in [6, 6.07) is 19.6. The van der Waals surface area contributed by atoms with Crippen molar-refractivity contribution < 1.29 is 4.79 Å². The lowest BCUT2D eigenvalue weighted by Gasteiger charge is -2.25. The fraction of sp³-hybridized carbons (Fsp3) is 0.200. The molecule has 6 nitrogen and oxygen atoms in total. The molecular formula is C25H23N5O. The Morgan fingerprint density at radius 3 is 2.48 bits per heavy atom. The van der Waals surface area contributed by atoms with Gasteiger partial charge in [-0.1, -0.05) is 42.0 Å². The molecule has 1 atom stereocenters. The van der Waals surface area contributed by atoms with Gasteiger partial charge < -0.3 is 0 Å². The first-order chi connectivity index (χ1) is 15.0. The standard InChI is InChI=1S/C25H23N5O/c1-4-25(3)21(19-9-5-7-15-26-19)23(22-20-10-6-8-16-29(20)28-27-22)30(24(25)31)18-13-11-17(2)12-14-18/h5-16H,4H2,1-3H3. The molecule has 154 valence electrons. The Morgan fingerprint density at radius 2 is 1.77 bits per heavy atom. The highest BCUT2D eigenvalue weighted by molar-refractivity contribution is 6.25. The van der Waals surface area contributed by atoms with Crippen LogP contribution in [-0.2, 0) is 4.79 Å². The van der Waals surface area contributed by atoms with Crippen molar-refractivity contribution in [2.24, 2.45) is 5.41 Å². The molecule has 1 unspecified atom stereocenters. The molecule has 1 amide bonds. The van der Waals surface area contributed by atoms with Crippen molar-refractivity contribution in [1.82, 2.24) is 19.8 Å². The van der Waals surface area contributed by atoms with Crippen LogP contribution in [-0.4, -0.2) is 25.7 Å². The maximum Gasteiger partial charge on any atom is 0.242 e. The minimum atomic E-state index is -0.737. The number of carbonyl (C=O) groups is 1. The van der Waals surface area contributed by atoms with Gasteiger partial charge in [0.05, 0.1) is 22.3 Å². The maximum atomic E-state index is 14.0. The summed E-state index contributed by atoms with van der Waals surface area (Å²) in [5.74, 6) is 0.0200. The molecule has 4 aromatic rings. The Kier molecular flexibility index (Phi) is 4.43. The van der Waals surface area contributed by atoms with E-state index in [1.165, 1.54) is 0 Å². The molecule has 0 N–H and O–H groups in total. The molecule has 0 radical (unpaired) electrons. The molecule has 6 heteroatoms. The second-order valence-electron chi connectivity index (χ2n) is 8.07. The smallest absolute Gasteiger partial charge is 0.242 e. The van der Waals surface area contributed by atoms with E-state index in [0.717, 1.165) is 33.7 Å². The van der Waals surface area contributed by atoms with Gasteiger partial charge in [0.2, 0.25) is 5.91 Å². The SMILES string of the molecule is CCC1(C)C(=O)N(c2ccc(C)cc2)C(c2nnn3ccccc23)=C1c1ccccn1. The van der Waals surface area contributed by atoms with E-state index < -0.39 is 5.41 Å². The third kappa shape index (κ3) is 2.86. The van der Waals surface area contributed by atoms with E-state index in [1.54, 1.807) is 15.6 Å². The molecule has 1 aliphatic rings. The van der Waals surface area contributed by atoms with E-state index in [-0.39, 0.29) is 5.91 Å². The molecule has 0 fully saturated rings. The van der Waals surface area contributed by atoms with Gasteiger partial charge in [0.1, 0.15) is 5.69 Å². The van der Waals surface area contributed by atoms with Gasteiger partial charge in [0.25, 0.3) is 0 Å². The van der Waals surface area contributed by atoms with Gasteiger partial charge in [0.15, 0.2) is 0 Å². The summed E-state index contributed by atoms with van der Waals surface area (Å²) in [4.78, 5) is 20.4. The number of hydrogen-bond donors (Lipinski definition) is 0. The van der Waals surface area contributed by atoms with Crippen molar-refractivity contribution in [3.8, 4) is 0 Å². The number of benzene rings is 1. The summed E-state index contributed by atoms with van der Waals surface area (Å²) < 4.78 is 1.73. The topological polar surface area (TPSA) is 63.4 Å². The van der Waals surface area contributed by atoms with Crippen LogP contribution < -0.4 is 4.90 Å². The lowest BCUT2D eigenvalue weighted by atomic mass is 9.78. The molecule has 1 aliphatic heterocycles. The molecule has 0 spiro atoms. The molecule has 0 aliphatic carbocycles. The predicted molar refractivity (Wildman–Crippen MR) is 121 cm³/mol. The summed E-state index contributed by atoms with van der Waals surface area (Å²) in [6.45, 7) is 6.08. The first-order valence-electron chi connectivity index (χ1n) is 10.4. The van der Waals surface area contributed by atoms with Crippen molar-refractivity contribution >= 4 is 28.4 Å². The zero-order valence-electron chi connectivity index (χ0n) is 17.8. The van der Waals surface area contributed by atoms with Gasteiger partial charge in [-0.05, 0) is 56.7 Å². The average Bonchev–Trinajstić information content (AvgIpc) is 3.32. The fourth-order valence-electron chi connectivity index (χ4n) is 4.25. The van der Waals surface area contributed by atoms with Gasteiger partial charge in [-0.15, -0.1) is 5.10 Å². The summed E-state index contributed by atoms with van der Waals surface area (Å²) >= 11 is 0. The molecular weight excluding hydrogens is 386 g/mol. The maximum absolute atomic E-state index is 14.0. The number of amides is 1. The Labute approximate surface area is 180 Å². The summed E-state index contributed by atoms with van der Waals surface area (Å²) in [7, 11) is 0. The van der Waals surface area contributed by atoms with Crippen molar-refractivity contribution in [2.75, 3.05) is 4.90 Å². The van der Waals surface area contributed by atoms with Crippen molar-refractivity contribution in [1.29, 1.82) is 0 Å². The molecule has 0 saturated carbocycles. The fourth-order valence-corrected chi connectivity index (χ4v) is 4.25. The Bertz CT molecular complexity index is 1310. The number of pyridine rings is 2. The summed E-state index contributed by atoms with van der Waals surface area (Å²) in [5, 5.41) is 8.82. The first-order valence-corrected chi connectivity index (χ1v) is 10.4. The normalized spacial score (nSPS) is 18.9. The third-order valence-electron chi connectivity index (χ3n) is 6.15. The Hall–Kier alpha value is -3.80. The summed E-state index contributed by atoms with van der Waals surface area (Å²) in [6.07, 6.45) is 4.26. The largest absolute Gasteiger partial charge is 0.278 e. The highest BCUT2D eigenvalue weighted by Crippen LogP contribution is 2.52. The highest BCUT2D eigenvalue weighted by atomic mass is 16.2. The van der Waals surface area contributed by atoms with Crippen LogP contribution in [0.25, 0.3) is 16.8 Å². The second kappa shape index (κ2) is 7.16.